The number of hydrogen-bond acceptors (Lipinski definition) is 9. The molecule has 10 nitrogen and oxygen atoms in total. The molecule has 2 N–H and O–H groups in total. The molecule has 0 aliphatic carbocycles. The maximum Gasteiger partial charge on any atom is 0.418 e. The summed E-state index contributed by atoms with van der Waals surface area (Å²) in [5, 5.41) is 5.74. The van der Waals surface area contributed by atoms with Gasteiger partial charge in [-0.3, -0.25) is 5.32 Å². The number of aryl methyl sites for hydroxylation is 1. The Hall–Kier alpha value is -4.90. The molecule has 2 heterocycles. The number of carbonyl (C=O) groups excluding carboxylic acids is 1. The number of nitrogens with one attached hydrogen (secondary N) is 2. The molecule has 248 valence electrons. The average Bonchev–Trinajstić information content (AvgIpc) is 3.07. The van der Waals surface area contributed by atoms with Gasteiger partial charge in [0, 0.05) is 36.0 Å². The van der Waals surface area contributed by atoms with Gasteiger partial charge in [-0.15, -0.1) is 0 Å². The smallest absolute Gasteiger partial charge is 0.418 e. The van der Waals surface area contributed by atoms with Crippen molar-refractivity contribution in [2.75, 3.05) is 51.1 Å². The Labute approximate surface area is 275 Å². The molecule has 1 saturated heterocycles. The fraction of sp³-hybridized carbons (Fsp3) is 0.361. The second-order valence-corrected chi connectivity index (χ2v) is 11.6. The van der Waals surface area contributed by atoms with Gasteiger partial charge < -0.3 is 29.2 Å². The van der Waals surface area contributed by atoms with Crippen LogP contribution < -0.4 is 29.6 Å². The second kappa shape index (κ2) is 15.6. The Morgan fingerprint density at radius 1 is 0.894 bits per heavy atom. The van der Waals surface area contributed by atoms with Gasteiger partial charge in [0.25, 0.3) is 0 Å². The molecule has 11 heteroatoms. The summed E-state index contributed by atoms with van der Waals surface area (Å²) in [5.74, 6) is 0.773. The minimum atomic E-state index is -0.784. The lowest BCUT2D eigenvalue weighted by Crippen LogP contribution is -2.31. The molecule has 0 radical (unpaired) electrons. The molecule has 1 aliphatic heterocycles. The van der Waals surface area contributed by atoms with E-state index in [0.29, 0.717) is 35.2 Å². The van der Waals surface area contributed by atoms with E-state index < -0.39 is 11.9 Å². The molecule has 0 spiro atoms. The fourth-order valence-corrected chi connectivity index (χ4v) is 5.51. The van der Waals surface area contributed by atoms with Crippen LogP contribution in [0.2, 0.25) is 0 Å². The van der Waals surface area contributed by atoms with Crippen molar-refractivity contribution < 1.29 is 28.1 Å². The standard InChI is InChI=1S/C36H42FN5O5/c1-23-10-13-28(25(3)24(23)2)31-22-34(47-36(43)40-30-14-12-27(44-4)21-33(30)45-5)41-35(39-31)38-26-11-15-32(29(37)20-26)46-19-9-18-42-16-7-6-8-17-42/h10-15,20-22H,6-9,16-19H2,1-5H3,(H,40,43)(H,38,39,41). The highest BCUT2D eigenvalue weighted by Gasteiger charge is 2.17. The Kier molecular flexibility index (Phi) is 11.1. The topological polar surface area (TPSA) is 107 Å². The summed E-state index contributed by atoms with van der Waals surface area (Å²) in [6.45, 7) is 9.73. The number of ether oxygens (including phenoxy) is 4. The third kappa shape index (κ3) is 8.68. The van der Waals surface area contributed by atoms with Gasteiger partial charge in [-0.05, 0) is 94.1 Å². The van der Waals surface area contributed by atoms with Crippen molar-refractivity contribution in [3.8, 4) is 34.4 Å². The molecular formula is C36H42FN5O5. The number of methoxy groups -OCH3 is 2. The van der Waals surface area contributed by atoms with E-state index in [1.165, 1.54) is 32.4 Å². The summed E-state index contributed by atoms with van der Waals surface area (Å²) in [7, 11) is 3.03. The summed E-state index contributed by atoms with van der Waals surface area (Å²) in [6.07, 6.45) is 3.82. The molecule has 5 rings (SSSR count). The lowest BCUT2D eigenvalue weighted by molar-refractivity contribution is 0.203. The first-order valence-corrected chi connectivity index (χ1v) is 15.8. The summed E-state index contributed by atoms with van der Waals surface area (Å²) in [4.78, 5) is 24.5. The first kappa shape index (κ1) is 33.5. The van der Waals surface area contributed by atoms with Crippen LogP contribution in [-0.4, -0.2) is 61.4 Å². The molecule has 0 bridgehead atoms. The Bertz CT molecular complexity index is 1710. The SMILES string of the molecule is COc1ccc(NC(=O)Oc2cc(-c3ccc(C)c(C)c3C)nc(Nc3ccc(OCCCN4CCCCC4)c(F)c3)n2)c(OC)c1. The van der Waals surface area contributed by atoms with Crippen LogP contribution >= 0.6 is 0 Å². The molecule has 1 amide bonds. The average molecular weight is 644 g/mol. The highest BCUT2D eigenvalue weighted by Crippen LogP contribution is 2.32. The monoisotopic (exact) mass is 643 g/mol. The minimum absolute atomic E-state index is 0.00534. The minimum Gasteiger partial charge on any atom is -0.497 e. The van der Waals surface area contributed by atoms with Crippen LogP contribution in [0.1, 0.15) is 42.4 Å². The van der Waals surface area contributed by atoms with Crippen molar-refractivity contribution in [3.05, 3.63) is 77.1 Å². The molecule has 3 aromatic carbocycles. The number of nitrogens with zero attached hydrogens (tertiary/aromatic N) is 3. The predicted molar refractivity (Wildman–Crippen MR) is 181 cm³/mol. The highest BCUT2D eigenvalue weighted by atomic mass is 19.1. The maximum absolute atomic E-state index is 15.1. The van der Waals surface area contributed by atoms with Crippen LogP contribution in [0.5, 0.6) is 23.1 Å². The molecule has 47 heavy (non-hydrogen) atoms. The Balaban J connectivity index is 1.34. The molecule has 0 atom stereocenters. The number of likely N-dealkylation sites (tertiary alicyclic amines) is 1. The van der Waals surface area contributed by atoms with E-state index in [2.05, 4.69) is 20.5 Å². The first-order valence-electron chi connectivity index (χ1n) is 15.8. The first-order chi connectivity index (χ1) is 22.7. The second-order valence-electron chi connectivity index (χ2n) is 11.6. The van der Waals surface area contributed by atoms with Gasteiger partial charge in [0.15, 0.2) is 11.6 Å². The van der Waals surface area contributed by atoms with Gasteiger partial charge in [0.05, 0.1) is 32.2 Å². The number of carbonyl (C=O) groups is 1. The van der Waals surface area contributed by atoms with Crippen LogP contribution in [0.3, 0.4) is 0 Å². The van der Waals surface area contributed by atoms with E-state index in [1.807, 2.05) is 32.9 Å². The van der Waals surface area contributed by atoms with Crippen molar-refractivity contribution in [1.82, 2.24) is 14.9 Å². The number of aromatic nitrogens is 2. The summed E-state index contributed by atoms with van der Waals surface area (Å²) < 4.78 is 37.0. The maximum atomic E-state index is 15.1. The molecule has 1 fully saturated rings. The number of piperidine rings is 1. The lowest BCUT2D eigenvalue weighted by Gasteiger charge is -2.26. The number of halogens is 1. The summed E-state index contributed by atoms with van der Waals surface area (Å²) in [6, 6.07) is 15.2. The molecule has 1 aromatic heterocycles. The molecule has 4 aromatic rings. The van der Waals surface area contributed by atoms with E-state index >= 15 is 4.39 Å². The van der Waals surface area contributed by atoms with Gasteiger partial charge in [0.2, 0.25) is 11.8 Å². The highest BCUT2D eigenvalue weighted by molar-refractivity contribution is 5.88. The summed E-state index contributed by atoms with van der Waals surface area (Å²) >= 11 is 0. The van der Waals surface area contributed by atoms with Gasteiger partial charge in [-0.1, -0.05) is 18.6 Å². The van der Waals surface area contributed by atoms with Crippen molar-refractivity contribution in [1.29, 1.82) is 0 Å². The van der Waals surface area contributed by atoms with E-state index in [1.54, 1.807) is 43.5 Å². The van der Waals surface area contributed by atoms with Gasteiger partial charge >= 0.3 is 6.09 Å². The van der Waals surface area contributed by atoms with E-state index in [9.17, 15) is 4.79 Å². The third-order valence-corrected chi connectivity index (χ3v) is 8.39. The molecule has 1 aliphatic rings. The van der Waals surface area contributed by atoms with Crippen molar-refractivity contribution in [3.63, 3.8) is 0 Å². The van der Waals surface area contributed by atoms with Crippen LogP contribution in [0.15, 0.2) is 54.6 Å². The number of benzene rings is 3. The van der Waals surface area contributed by atoms with Crippen LogP contribution in [0.25, 0.3) is 11.3 Å². The van der Waals surface area contributed by atoms with E-state index in [-0.39, 0.29) is 17.6 Å². The van der Waals surface area contributed by atoms with Crippen LogP contribution in [0.4, 0.5) is 26.5 Å². The molecule has 0 saturated carbocycles. The zero-order valence-corrected chi connectivity index (χ0v) is 27.6. The Morgan fingerprint density at radius 2 is 1.70 bits per heavy atom. The molecule has 0 unspecified atom stereocenters. The van der Waals surface area contributed by atoms with Crippen LogP contribution in [0, 0.1) is 26.6 Å². The third-order valence-electron chi connectivity index (χ3n) is 8.39. The zero-order valence-electron chi connectivity index (χ0n) is 27.6. The fourth-order valence-electron chi connectivity index (χ4n) is 5.51. The van der Waals surface area contributed by atoms with Gasteiger partial charge in [0.1, 0.15) is 11.5 Å². The predicted octanol–water partition coefficient (Wildman–Crippen LogP) is 7.83. The normalized spacial score (nSPS) is 13.1. The van der Waals surface area contributed by atoms with Gasteiger partial charge in [-0.2, -0.15) is 4.98 Å². The van der Waals surface area contributed by atoms with Gasteiger partial charge in [-0.25, -0.2) is 14.2 Å². The number of rotatable bonds is 12. The van der Waals surface area contributed by atoms with Crippen molar-refractivity contribution >= 4 is 23.4 Å². The van der Waals surface area contributed by atoms with Crippen molar-refractivity contribution in [2.45, 2.75) is 46.5 Å². The number of anilines is 3. The largest absolute Gasteiger partial charge is 0.497 e. The number of hydrogen-bond donors (Lipinski definition) is 2. The van der Waals surface area contributed by atoms with E-state index in [4.69, 9.17) is 23.9 Å². The van der Waals surface area contributed by atoms with E-state index in [0.717, 1.165) is 48.3 Å². The number of amides is 1. The van der Waals surface area contributed by atoms with Crippen LogP contribution in [-0.2, 0) is 0 Å². The zero-order chi connectivity index (χ0) is 33.3. The summed E-state index contributed by atoms with van der Waals surface area (Å²) in [5.41, 5.74) is 5.47. The van der Waals surface area contributed by atoms with Crippen molar-refractivity contribution in [2.24, 2.45) is 0 Å². The quantitative estimate of drug-likeness (QED) is 0.149. The Morgan fingerprint density at radius 3 is 2.45 bits per heavy atom. The lowest BCUT2D eigenvalue weighted by atomic mass is 9.97. The molecular weight excluding hydrogens is 601 g/mol.